The van der Waals surface area contributed by atoms with Gasteiger partial charge in [0.15, 0.2) is 5.65 Å². The largest absolute Gasteiger partial charge is 0.477 e. The third-order valence-electron chi connectivity index (χ3n) is 2.53. The van der Waals surface area contributed by atoms with E-state index in [4.69, 9.17) is 16.3 Å². The standard InChI is InChI=1S/C11H15ClN4O/c1-3-4-7(2)6-17-10-8-5-13-16-9(8)14-11(12)15-10/h5,7H,3-4,6H2,1-2H3,(H,13,14,15,16). The van der Waals surface area contributed by atoms with Crippen molar-refractivity contribution in [2.24, 2.45) is 5.92 Å². The predicted octanol–water partition coefficient (Wildman–Crippen LogP) is 2.82. The van der Waals surface area contributed by atoms with Gasteiger partial charge in [-0.1, -0.05) is 20.3 Å². The fraction of sp³-hybridized carbons (Fsp3) is 0.545. The number of hydrogen-bond acceptors (Lipinski definition) is 4. The average Bonchev–Trinajstić information content (AvgIpc) is 2.74. The first-order chi connectivity index (χ1) is 8.20. The Morgan fingerprint density at radius 3 is 3.06 bits per heavy atom. The van der Waals surface area contributed by atoms with Crippen molar-refractivity contribution in [3.63, 3.8) is 0 Å². The Morgan fingerprint density at radius 2 is 2.29 bits per heavy atom. The molecule has 17 heavy (non-hydrogen) atoms. The quantitative estimate of drug-likeness (QED) is 0.834. The molecule has 5 nitrogen and oxygen atoms in total. The van der Waals surface area contributed by atoms with Crippen molar-refractivity contribution in [3.8, 4) is 5.88 Å². The Hall–Kier alpha value is -1.36. The van der Waals surface area contributed by atoms with Gasteiger partial charge in [-0.15, -0.1) is 0 Å². The summed E-state index contributed by atoms with van der Waals surface area (Å²) < 4.78 is 5.68. The van der Waals surface area contributed by atoms with Crippen molar-refractivity contribution >= 4 is 22.6 Å². The van der Waals surface area contributed by atoms with Crippen molar-refractivity contribution < 1.29 is 4.74 Å². The van der Waals surface area contributed by atoms with Gasteiger partial charge < -0.3 is 4.74 Å². The molecule has 0 spiro atoms. The van der Waals surface area contributed by atoms with Crippen LogP contribution in [0.5, 0.6) is 5.88 Å². The molecule has 2 aromatic rings. The predicted molar refractivity (Wildman–Crippen MR) is 66.3 cm³/mol. The van der Waals surface area contributed by atoms with Gasteiger partial charge in [-0.2, -0.15) is 15.1 Å². The van der Waals surface area contributed by atoms with Crippen LogP contribution >= 0.6 is 11.6 Å². The van der Waals surface area contributed by atoms with Gasteiger partial charge in [0.05, 0.1) is 12.8 Å². The average molecular weight is 255 g/mol. The van der Waals surface area contributed by atoms with E-state index in [9.17, 15) is 0 Å². The van der Waals surface area contributed by atoms with Crippen molar-refractivity contribution in [3.05, 3.63) is 11.5 Å². The molecule has 0 radical (unpaired) electrons. The maximum Gasteiger partial charge on any atom is 0.229 e. The third-order valence-corrected chi connectivity index (χ3v) is 2.70. The maximum absolute atomic E-state index is 5.81. The lowest BCUT2D eigenvalue weighted by Crippen LogP contribution is -2.09. The van der Waals surface area contributed by atoms with Crippen LogP contribution in [0.1, 0.15) is 26.7 Å². The first kappa shape index (κ1) is 12.1. The number of hydrogen-bond donors (Lipinski definition) is 1. The van der Waals surface area contributed by atoms with E-state index in [0.717, 1.165) is 18.2 Å². The van der Waals surface area contributed by atoms with Gasteiger partial charge in [-0.05, 0) is 23.9 Å². The maximum atomic E-state index is 5.81. The third kappa shape index (κ3) is 2.85. The van der Waals surface area contributed by atoms with Gasteiger partial charge in [-0.25, -0.2) is 0 Å². The molecule has 1 N–H and O–H groups in total. The van der Waals surface area contributed by atoms with Crippen LogP contribution in [0, 0.1) is 5.92 Å². The summed E-state index contributed by atoms with van der Waals surface area (Å²) in [7, 11) is 0. The lowest BCUT2D eigenvalue weighted by Gasteiger charge is -2.11. The van der Waals surface area contributed by atoms with Crippen LogP contribution in [0.4, 0.5) is 0 Å². The van der Waals surface area contributed by atoms with E-state index >= 15 is 0 Å². The van der Waals surface area contributed by atoms with E-state index in [0.29, 0.717) is 24.1 Å². The minimum Gasteiger partial charge on any atom is -0.477 e. The number of fused-ring (bicyclic) bond motifs is 1. The summed E-state index contributed by atoms with van der Waals surface area (Å²) in [5.41, 5.74) is 0.600. The first-order valence-electron chi connectivity index (χ1n) is 5.70. The van der Waals surface area contributed by atoms with E-state index in [1.165, 1.54) is 0 Å². The van der Waals surface area contributed by atoms with Gasteiger partial charge >= 0.3 is 0 Å². The van der Waals surface area contributed by atoms with Crippen LogP contribution in [-0.4, -0.2) is 26.8 Å². The van der Waals surface area contributed by atoms with Gasteiger partial charge in [0.1, 0.15) is 5.39 Å². The SMILES string of the molecule is CCCC(C)COc1nc(Cl)nc2[nH]ncc12. The Kier molecular flexibility index (Phi) is 3.78. The van der Waals surface area contributed by atoms with Crippen LogP contribution in [0.3, 0.4) is 0 Å². The molecule has 0 saturated carbocycles. The second-order valence-corrected chi connectivity index (χ2v) is 4.47. The molecule has 92 valence electrons. The number of nitrogens with one attached hydrogen (secondary N) is 1. The van der Waals surface area contributed by atoms with Gasteiger partial charge in [-0.3, -0.25) is 5.10 Å². The van der Waals surface area contributed by atoms with E-state index in [-0.39, 0.29) is 5.28 Å². The Labute approximate surface area is 105 Å². The van der Waals surface area contributed by atoms with E-state index in [1.54, 1.807) is 6.20 Å². The molecule has 0 fully saturated rings. The van der Waals surface area contributed by atoms with Crippen molar-refractivity contribution in [2.75, 3.05) is 6.61 Å². The normalized spacial score (nSPS) is 12.9. The van der Waals surface area contributed by atoms with Gasteiger partial charge in [0.2, 0.25) is 11.2 Å². The summed E-state index contributed by atoms with van der Waals surface area (Å²) >= 11 is 5.81. The molecule has 0 aliphatic rings. The molecule has 6 heteroatoms. The lowest BCUT2D eigenvalue weighted by molar-refractivity contribution is 0.246. The zero-order valence-electron chi connectivity index (χ0n) is 9.90. The highest BCUT2D eigenvalue weighted by molar-refractivity contribution is 6.28. The molecule has 2 heterocycles. The molecular weight excluding hydrogens is 240 g/mol. The molecular formula is C11H15ClN4O. The summed E-state index contributed by atoms with van der Waals surface area (Å²) in [6, 6.07) is 0. The van der Waals surface area contributed by atoms with Crippen molar-refractivity contribution in [1.29, 1.82) is 0 Å². The highest BCUT2D eigenvalue weighted by Crippen LogP contribution is 2.22. The summed E-state index contributed by atoms with van der Waals surface area (Å²) in [6.07, 6.45) is 3.93. The van der Waals surface area contributed by atoms with Crippen LogP contribution in [0.25, 0.3) is 11.0 Å². The van der Waals surface area contributed by atoms with Crippen LogP contribution in [0.2, 0.25) is 5.28 Å². The molecule has 1 unspecified atom stereocenters. The fourth-order valence-corrected chi connectivity index (χ4v) is 1.85. The first-order valence-corrected chi connectivity index (χ1v) is 6.08. The molecule has 2 rings (SSSR count). The number of aromatic nitrogens is 4. The molecule has 0 aliphatic heterocycles. The number of halogens is 1. The Morgan fingerprint density at radius 1 is 1.47 bits per heavy atom. The summed E-state index contributed by atoms with van der Waals surface area (Å²) in [6.45, 7) is 4.94. The summed E-state index contributed by atoms with van der Waals surface area (Å²) in [5, 5.41) is 7.58. The Bertz CT molecular complexity index is 499. The summed E-state index contributed by atoms with van der Waals surface area (Å²) in [4.78, 5) is 8.09. The number of aromatic amines is 1. The summed E-state index contributed by atoms with van der Waals surface area (Å²) in [5.74, 6) is 0.993. The second-order valence-electron chi connectivity index (χ2n) is 4.13. The number of H-pyrrole nitrogens is 1. The molecule has 0 bridgehead atoms. The minimum absolute atomic E-state index is 0.167. The van der Waals surface area contributed by atoms with Crippen molar-refractivity contribution in [2.45, 2.75) is 26.7 Å². The van der Waals surface area contributed by atoms with Crippen LogP contribution in [-0.2, 0) is 0 Å². The lowest BCUT2D eigenvalue weighted by atomic mass is 10.1. The molecule has 0 aromatic carbocycles. The zero-order valence-corrected chi connectivity index (χ0v) is 10.7. The second kappa shape index (κ2) is 5.31. The number of nitrogens with zero attached hydrogens (tertiary/aromatic N) is 3. The number of ether oxygens (including phenoxy) is 1. The minimum atomic E-state index is 0.167. The molecule has 0 amide bonds. The topological polar surface area (TPSA) is 63.7 Å². The number of rotatable bonds is 5. The van der Waals surface area contributed by atoms with Gasteiger partial charge in [0.25, 0.3) is 0 Å². The Balaban J connectivity index is 2.14. The van der Waals surface area contributed by atoms with E-state index in [2.05, 4.69) is 34.0 Å². The van der Waals surface area contributed by atoms with E-state index in [1.807, 2.05) is 0 Å². The van der Waals surface area contributed by atoms with Crippen molar-refractivity contribution in [1.82, 2.24) is 20.2 Å². The van der Waals surface area contributed by atoms with Gasteiger partial charge in [0, 0.05) is 0 Å². The zero-order chi connectivity index (χ0) is 12.3. The monoisotopic (exact) mass is 254 g/mol. The van der Waals surface area contributed by atoms with E-state index < -0.39 is 0 Å². The smallest absolute Gasteiger partial charge is 0.229 e. The highest BCUT2D eigenvalue weighted by Gasteiger charge is 2.11. The fourth-order valence-electron chi connectivity index (χ4n) is 1.69. The van der Waals surface area contributed by atoms with Crippen LogP contribution < -0.4 is 4.74 Å². The molecule has 2 aromatic heterocycles. The molecule has 1 atom stereocenters. The molecule has 0 saturated heterocycles. The van der Waals surface area contributed by atoms with Crippen LogP contribution in [0.15, 0.2) is 6.20 Å². The molecule has 0 aliphatic carbocycles. The highest BCUT2D eigenvalue weighted by atomic mass is 35.5.